The summed E-state index contributed by atoms with van der Waals surface area (Å²) in [4.78, 5) is 5.13. The smallest absolute Gasteiger partial charge is 0.0788 e. The van der Waals surface area contributed by atoms with Crippen LogP contribution in [0.4, 0.5) is 0 Å². The summed E-state index contributed by atoms with van der Waals surface area (Å²) in [5, 5.41) is 0. The van der Waals surface area contributed by atoms with Crippen LogP contribution in [-0.2, 0) is 4.74 Å². The van der Waals surface area contributed by atoms with Crippen LogP contribution in [0.1, 0.15) is 41.5 Å². The summed E-state index contributed by atoms with van der Waals surface area (Å²) in [6.45, 7) is 18.9. The van der Waals surface area contributed by atoms with Crippen molar-refractivity contribution in [2.45, 2.75) is 64.8 Å². The molecular weight excluding hydrogens is 250 g/mol. The Hall–Kier alpha value is -0.160. The molecule has 0 aromatic rings. The molecule has 0 saturated carbocycles. The van der Waals surface area contributed by atoms with Gasteiger partial charge in [-0.2, -0.15) is 0 Å². The first-order valence-electron chi connectivity index (χ1n) is 8.09. The van der Waals surface area contributed by atoms with Gasteiger partial charge in [-0.05, 0) is 41.2 Å². The van der Waals surface area contributed by atoms with Crippen molar-refractivity contribution in [3.05, 3.63) is 0 Å². The van der Waals surface area contributed by atoms with Gasteiger partial charge < -0.3 is 15.4 Å². The molecule has 2 heterocycles. The lowest BCUT2D eigenvalue weighted by atomic mass is 9.82. The third-order valence-electron chi connectivity index (χ3n) is 5.37. The molecule has 20 heavy (non-hydrogen) atoms. The molecule has 0 bridgehead atoms. The van der Waals surface area contributed by atoms with Gasteiger partial charge in [-0.25, -0.2) is 0 Å². The minimum Gasteiger partial charge on any atom is -0.368 e. The zero-order valence-corrected chi connectivity index (χ0v) is 14.1. The van der Waals surface area contributed by atoms with Crippen LogP contribution in [0.15, 0.2) is 0 Å². The standard InChI is InChI=1S/C16H33N3O/c1-7-19-9-8-18(10-12(19)2)11-13-14(17)16(5,6)20-15(13,3)4/h12-14H,7-11,17H2,1-6H3. The van der Waals surface area contributed by atoms with E-state index in [1.807, 2.05) is 0 Å². The predicted octanol–water partition coefficient (Wildman–Crippen LogP) is 1.54. The fourth-order valence-electron chi connectivity index (χ4n) is 4.06. The topological polar surface area (TPSA) is 41.7 Å². The van der Waals surface area contributed by atoms with Crippen molar-refractivity contribution >= 4 is 0 Å². The molecule has 0 amide bonds. The van der Waals surface area contributed by atoms with Gasteiger partial charge in [0, 0.05) is 44.2 Å². The molecule has 2 saturated heterocycles. The Balaban J connectivity index is 2.00. The van der Waals surface area contributed by atoms with Crippen LogP contribution in [0.25, 0.3) is 0 Å². The van der Waals surface area contributed by atoms with E-state index in [9.17, 15) is 0 Å². The minimum absolute atomic E-state index is 0.108. The summed E-state index contributed by atoms with van der Waals surface area (Å²) < 4.78 is 6.21. The van der Waals surface area contributed by atoms with Gasteiger partial charge in [-0.15, -0.1) is 0 Å². The van der Waals surface area contributed by atoms with Gasteiger partial charge >= 0.3 is 0 Å². The lowest BCUT2D eigenvalue weighted by Crippen LogP contribution is -2.55. The fraction of sp³-hybridized carbons (Fsp3) is 1.00. The molecule has 118 valence electrons. The number of nitrogens with two attached hydrogens (primary N) is 1. The van der Waals surface area contributed by atoms with Crippen LogP contribution in [0.2, 0.25) is 0 Å². The molecule has 0 aromatic carbocycles. The Morgan fingerprint density at radius 3 is 2.25 bits per heavy atom. The van der Waals surface area contributed by atoms with Crippen molar-refractivity contribution in [3.63, 3.8) is 0 Å². The van der Waals surface area contributed by atoms with Crippen molar-refractivity contribution < 1.29 is 4.74 Å². The molecule has 2 fully saturated rings. The Kier molecular flexibility index (Phi) is 4.51. The van der Waals surface area contributed by atoms with Gasteiger partial charge in [0.2, 0.25) is 0 Å². The Bertz CT molecular complexity index is 343. The average Bonchev–Trinajstić information content (AvgIpc) is 2.48. The van der Waals surface area contributed by atoms with Crippen molar-refractivity contribution in [1.82, 2.24) is 9.80 Å². The van der Waals surface area contributed by atoms with Crippen LogP contribution in [0, 0.1) is 5.92 Å². The highest BCUT2D eigenvalue weighted by Gasteiger charge is 2.52. The predicted molar refractivity (Wildman–Crippen MR) is 83.9 cm³/mol. The normalized spacial score (nSPS) is 38.2. The monoisotopic (exact) mass is 283 g/mol. The highest BCUT2D eigenvalue weighted by molar-refractivity contribution is 5.05. The Morgan fingerprint density at radius 1 is 1.15 bits per heavy atom. The molecule has 2 N–H and O–H groups in total. The minimum atomic E-state index is -0.217. The molecule has 2 rings (SSSR count). The SMILES string of the molecule is CCN1CCN(CC2C(N)C(C)(C)OC2(C)C)CC1C. The quantitative estimate of drug-likeness (QED) is 0.853. The maximum atomic E-state index is 6.48. The summed E-state index contributed by atoms with van der Waals surface area (Å²) >= 11 is 0. The van der Waals surface area contributed by atoms with Crippen LogP contribution in [-0.4, -0.2) is 65.8 Å². The second kappa shape index (κ2) is 5.56. The summed E-state index contributed by atoms with van der Waals surface area (Å²) in [5.41, 5.74) is 6.13. The number of likely N-dealkylation sites (N-methyl/N-ethyl adjacent to an activating group) is 1. The van der Waals surface area contributed by atoms with E-state index >= 15 is 0 Å². The van der Waals surface area contributed by atoms with Crippen LogP contribution < -0.4 is 5.73 Å². The summed E-state index contributed by atoms with van der Waals surface area (Å²) in [6.07, 6.45) is 0. The maximum Gasteiger partial charge on any atom is 0.0788 e. The van der Waals surface area contributed by atoms with Crippen LogP contribution in [0.3, 0.4) is 0 Å². The second-order valence-corrected chi connectivity index (χ2v) is 7.68. The van der Waals surface area contributed by atoms with E-state index < -0.39 is 0 Å². The van der Waals surface area contributed by atoms with E-state index in [1.54, 1.807) is 0 Å². The number of nitrogens with zero attached hydrogens (tertiary/aromatic N) is 2. The molecule has 4 nitrogen and oxygen atoms in total. The van der Waals surface area contributed by atoms with Gasteiger partial charge in [0.1, 0.15) is 0 Å². The highest BCUT2D eigenvalue weighted by atomic mass is 16.5. The zero-order chi connectivity index (χ0) is 15.1. The molecule has 2 aliphatic heterocycles. The van der Waals surface area contributed by atoms with Gasteiger partial charge in [0.15, 0.2) is 0 Å². The lowest BCUT2D eigenvalue weighted by Gasteiger charge is -2.42. The largest absolute Gasteiger partial charge is 0.368 e. The Labute approximate surface area is 124 Å². The number of ether oxygens (including phenoxy) is 1. The van der Waals surface area contributed by atoms with Crippen LogP contribution >= 0.6 is 0 Å². The van der Waals surface area contributed by atoms with E-state index in [0.29, 0.717) is 12.0 Å². The average molecular weight is 283 g/mol. The van der Waals surface area contributed by atoms with Crippen molar-refractivity contribution in [2.75, 3.05) is 32.7 Å². The summed E-state index contributed by atoms with van der Waals surface area (Å²) in [6, 6.07) is 0.750. The van der Waals surface area contributed by atoms with Crippen molar-refractivity contribution in [1.29, 1.82) is 0 Å². The first-order chi connectivity index (χ1) is 9.17. The lowest BCUT2D eigenvalue weighted by molar-refractivity contribution is -0.0796. The second-order valence-electron chi connectivity index (χ2n) is 7.68. The molecule has 3 atom stereocenters. The van der Waals surface area contributed by atoms with E-state index in [2.05, 4.69) is 51.3 Å². The molecule has 4 heteroatoms. The number of hydrogen-bond acceptors (Lipinski definition) is 4. The third-order valence-corrected chi connectivity index (χ3v) is 5.37. The van der Waals surface area contributed by atoms with E-state index in [0.717, 1.165) is 26.2 Å². The fourth-order valence-corrected chi connectivity index (χ4v) is 4.06. The number of piperazine rings is 1. The van der Waals surface area contributed by atoms with Gasteiger partial charge in [0.05, 0.1) is 11.2 Å². The summed E-state index contributed by atoms with van der Waals surface area (Å²) in [5.74, 6) is 0.401. The molecule has 0 aliphatic carbocycles. The molecule has 3 unspecified atom stereocenters. The Morgan fingerprint density at radius 2 is 1.80 bits per heavy atom. The zero-order valence-electron chi connectivity index (χ0n) is 14.1. The highest BCUT2D eigenvalue weighted by Crippen LogP contribution is 2.41. The van der Waals surface area contributed by atoms with E-state index in [1.165, 1.54) is 6.54 Å². The van der Waals surface area contributed by atoms with E-state index in [4.69, 9.17) is 10.5 Å². The molecular formula is C16H33N3O. The molecule has 0 radical (unpaired) electrons. The number of rotatable bonds is 3. The first-order valence-corrected chi connectivity index (χ1v) is 8.09. The van der Waals surface area contributed by atoms with Gasteiger partial charge in [0.25, 0.3) is 0 Å². The van der Waals surface area contributed by atoms with Crippen molar-refractivity contribution in [3.8, 4) is 0 Å². The van der Waals surface area contributed by atoms with Gasteiger partial charge in [-0.1, -0.05) is 6.92 Å². The third kappa shape index (κ3) is 3.03. The first kappa shape index (κ1) is 16.2. The molecule has 2 aliphatic rings. The maximum absolute atomic E-state index is 6.48. The van der Waals surface area contributed by atoms with E-state index in [-0.39, 0.29) is 17.2 Å². The van der Waals surface area contributed by atoms with Crippen LogP contribution in [0.5, 0.6) is 0 Å². The van der Waals surface area contributed by atoms with Crippen molar-refractivity contribution in [2.24, 2.45) is 11.7 Å². The molecule has 0 spiro atoms. The summed E-state index contributed by atoms with van der Waals surface area (Å²) in [7, 11) is 0. The molecule has 0 aromatic heterocycles. The number of hydrogen-bond donors (Lipinski definition) is 1. The van der Waals surface area contributed by atoms with Gasteiger partial charge in [-0.3, -0.25) is 4.90 Å².